The second-order valence-corrected chi connectivity index (χ2v) is 7.17. The van der Waals surface area contributed by atoms with Crippen LogP contribution in [0.2, 0.25) is 0 Å². The molecule has 0 saturated carbocycles. The lowest BCUT2D eigenvalue weighted by Crippen LogP contribution is -2.60. The van der Waals surface area contributed by atoms with Crippen molar-refractivity contribution in [3.05, 3.63) is 35.9 Å². The van der Waals surface area contributed by atoms with Gasteiger partial charge in [0.25, 0.3) is 0 Å². The molecule has 1 heterocycles. The van der Waals surface area contributed by atoms with Crippen LogP contribution in [-0.2, 0) is 0 Å². The molecule has 20 heavy (non-hydrogen) atoms. The minimum atomic E-state index is 0.313. The summed E-state index contributed by atoms with van der Waals surface area (Å²) in [5.41, 5.74) is 1.74. The molecule has 0 bridgehead atoms. The van der Waals surface area contributed by atoms with Crippen molar-refractivity contribution in [2.45, 2.75) is 59.2 Å². The number of nitrogens with one attached hydrogen (secondary N) is 1. The second kappa shape index (κ2) is 6.28. The van der Waals surface area contributed by atoms with E-state index in [0.29, 0.717) is 23.5 Å². The largest absolute Gasteiger partial charge is 0.311 e. The van der Waals surface area contributed by atoms with Crippen molar-refractivity contribution in [1.29, 1.82) is 0 Å². The second-order valence-electron chi connectivity index (χ2n) is 7.17. The van der Waals surface area contributed by atoms with E-state index in [-0.39, 0.29) is 0 Å². The summed E-state index contributed by atoms with van der Waals surface area (Å²) in [7, 11) is 0. The minimum Gasteiger partial charge on any atom is -0.311 e. The van der Waals surface area contributed by atoms with Crippen molar-refractivity contribution in [3.8, 4) is 0 Å². The molecule has 3 unspecified atom stereocenters. The summed E-state index contributed by atoms with van der Waals surface area (Å²) in [5.74, 6) is 0. The van der Waals surface area contributed by atoms with E-state index in [2.05, 4.69) is 75.2 Å². The van der Waals surface area contributed by atoms with E-state index in [9.17, 15) is 0 Å². The van der Waals surface area contributed by atoms with Crippen molar-refractivity contribution >= 4 is 0 Å². The lowest BCUT2D eigenvalue weighted by atomic mass is 9.84. The van der Waals surface area contributed by atoms with E-state index in [4.69, 9.17) is 0 Å². The minimum absolute atomic E-state index is 0.313. The molecule has 0 amide bonds. The van der Waals surface area contributed by atoms with E-state index >= 15 is 0 Å². The van der Waals surface area contributed by atoms with Gasteiger partial charge in [-0.15, -0.1) is 0 Å². The van der Waals surface area contributed by atoms with Gasteiger partial charge in [-0.3, -0.25) is 4.90 Å². The molecule has 1 aromatic carbocycles. The first kappa shape index (κ1) is 15.5. The molecule has 0 spiro atoms. The molecule has 1 N–H and O–H groups in total. The van der Waals surface area contributed by atoms with Crippen LogP contribution in [-0.4, -0.2) is 30.1 Å². The first-order chi connectivity index (χ1) is 9.43. The fourth-order valence-electron chi connectivity index (χ4n) is 3.18. The van der Waals surface area contributed by atoms with Gasteiger partial charge < -0.3 is 5.32 Å². The summed E-state index contributed by atoms with van der Waals surface area (Å²) in [6, 6.07) is 12.6. The van der Waals surface area contributed by atoms with Crippen LogP contribution in [0.3, 0.4) is 0 Å². The Hall–Kier alpha value is -0.860. The fraction of sp³-hybridized carbons (Fsp3) is 0.667. The van der Waals surface area contributed by atoms with Crippen molar-refractivity contribution in [1.82, 2.24) is 10.2 Å². The zero-order valence-electron chi connectivity index (χ0n) is 13.7. The Morgan fingerprint density at radius 2 is 1.90 bits per heavy atom. The molecule has 0 aliphatic carbocycles. The van der Waals surface area contributed by atoms with E-state index in [1.807, 2.05) is 0 Å². The average Bonchev–Trinajstić information content (AvgIpc) is 2.45. The Morgan fingerprint density at radius 1 is 1.25 bits per heavy atom. The zero-order valence-corrected chi connectivity index (χ0v) is 13.7. The monoisotopic (exact) mass is 274 g/mol. The van der Waals surface area contributed by atoms with Crippen LogP contribution in [0.25, 0.3) is 0 Å². The molecular formula is C18H30N2. The van der Waals surface area contributed by atoms with E-state index in [0.717, 1.165) is 13.1 Å². The topological polar surface area (TPSA) is 15.3 Å². The summed E-state index contributed by atoms with van der Waals surface area (Å²) in [6.07, 6.45) is 1.21. The number of rotatable bonds is 3. The highest BCUT2D eigenvalue weighted by Gasteiger charge is 2.35. The Kier molecular flexibility index (Phi) is 4.87. The van der Waals surface area contributed by atoms with Crippen LogP contribution < -0.4 is 5.32 Å². The maximum absolute atomic E-state index is 3.75. The fourth-order valence-corrected chi connectivity index (χ4v) is 3.18. The van der Waals surface area contributed by atoms with Crippen LogP contribution in [0.15, 0.2) is 30.3 Å². The SMILES string of the molecule is CCC1CNC(C(C)(C)C)CN1C(C)c1ccccc1. The molecule has 1 aliphatic rings. The quantitative estimate of drug-likeness (QED) is 0.900. The molecule has 1 fully saturated rings. The molecule has 0 radical (unpaired) electrons. The number of hydrogen-bond donors (Lipinski definition) is 1. The summed E-state index contributed by atoms with van der Waals surface area (Å²) >= 11 is 0. The predicted octanol–water partition coefficient (Wildman–Crippen LogP) is 3.85. The van der Waals surface area contributed by atoms with Gasteiger partial charge in [0, 0.05) is 31.2 Å². The molecule has 2 heteroatoms. The summed E-state index contributed by atoms with van der Waals surface area (Å²) in [4.78, 5) is 2.70. The Balaban J connectivity index is 2.17. The molecule has 1 aliphatic heterocycles. The standard InChI is InChI=1S/C18H30N2/c1-6-16-12-19-17(18(3,4)5)13-20(16)14(2)15-10-8-7-9-11-15/h7-11,14,16-17,19H,6,12-13H2,1-5H3. The lowest BCUT2D eigenvalue weighted by molar-refractivity contribution is 0.0530. The summed E-state index contributed by atoms with van der Waals surface area (Å²) < 4.78 is 0. The van der Waals surface area contributed by atoms with Crippen LogP contribution in [0.1, 0.15) is 52.6 Å². The van der Waals surface area contributed by atoms with Crippen molar-refractivity contribution in [2.24, 2.45) is 5.41 Å². The van der Waals surface area contributed by atoms with Gasteiger partial charge in [-0.05, 0) is 24.3 Å². The van der Waals surface area contributed by atoms with E-state index < -0.39 is 0 Å². The van der Waals surface area contributed by atoms with Gasteiger partial charge >= 0.3 is 0 Å². The molecule has 1 saturated heterocycles. The summed E-state index contributed by atoms with van der Waals surface area (Å²) in [5, 5.41) is 3.75. The van der Waals surface area contributed by atoms with Crippen LogP contribution in [0.5, 0.6) is 0 Å². The first-order valence-electron chi connectivity index (χ1n) is 7.97. The number of piperazine rings is 1. The molecule has 2 rings (SSSR count). The van der Waals surface area contributed by atoms with Gasteiger partial charge in [-0.1, -0.05) is 58.0 Å². The Morgan fingerprint density at radius 3 is 2.45 bits per heavy atom. The number of hydrogen-bond acceptors (Lipinski definition) is 2. The highest BCUT2D eigenvalue weighted by Crippen LogP contribution is 2.30. The molecule has 0 aromatic heterocycles. The normalized spacial score (nSPS) is 26.4. The van der Waals surface area contributed by atoms with Crippen molar-refractivity contribution < 1.29 is 0 Å². The van der Waals surface area contributed by atoms with Crippen LogP contribution in [0.4, 0.5) is 0 Å². The smallest absolute Gasteiger partial charge is 0.0324 e. The van der Waals surface area contributed by atoms with E-state index in [1.54, 1.807) is 0 Å². The van der Waals surface area contributed by atoms with Gasteiger partial charge in [0.15, 0.2) is 0 Å². The highest BCUT2D eigenvalue weighted by atomic mass is 15.3. The molecule has 112 valence electrons. The van der Waals surface area contributed by atoms with Gasteiger partial charge in [0.05, 0.1) is 0 Å². The maximum Gasteiger partial charge on any atom is 0.0324 e. The number of benzene rings is 1. The van der Waals surface area contributed by atoms with Crippen molar-refractivity contribution in [3.63, 3.8) is 0 Å². The average molecular weight is 274 g/mol. The first-order valence-corrected chi connectivity index (χ1v) is 7.97. The van der Waals surface area contributed by atoms with E-state index in [1.165, 1.54) is 12.0 Å². The highest BCUT2D eigenvalue weighted by molar-refractivity contribution is 5.19. The predicted molar refractivity (Wildman–Crippen MR) is 86.9 cm³/mol. The third-order valence-corrected chi connectivity index (χ3v) is 4.76. The lowest BCUT2D eigenvalue weighted by Gasteiger charge is -2.47. The van der Waals surface area contributed by atoms with Gasteiger partial charge in [-0.2, -0.15) is 0 Å². The summed E-state index contributed by atoms with van der Waals surface area (Å²) in [6.45, 7) is 13.9. The van der Waals surface area contributed by atoms with Gasteiger partial charge in [0.1, 0.15) is 0 Å². The Labute approximate surface area is 124 Å². The van der Waals surface area contributed by atoms with Gasteiger partial charge in [0.2, 0.25) is 0 Å². The van der Waals surface area contributed by atoms with Crippen LogP contribution in [0, 0.1) is 5.41 Å². The third kappa shape index (κ3) is 3.42. The third-order valence-electron chi connectivity index (χ3n) is 4.76. The molecule has 1 aromatic rings. The molecular weight excluding hydrogens is 244 g/mol. The number of nitrogens with zero attached hydrogens (tertiary/aromatic N) is 1. The van der Waals surface area contributed by atoms with Crippen LogP contribution >= 0.6 is 0 Å². The molecule has 3 atom stereocenters. The zero-order chi connectivity index (χ0) is 14.8. The van der Waals surface area contributed by atoms with Crippen molar-refractivity contribution in [2.75, 3.05) is 13.1 Å². The molecule has 2 nitrogen and oxygen atoms in total. The van der Waals surface area contributed by atoms with Gasteiger partial charge in [-0.25, -0.2) is 0 Å². The maximum atomic E-state index is 3.75. The Bertz CT molecular complexity index is 407.